The molecule has 0 saturated heterocycles. The number of hydrogen-bond donors (Lipinski definition) is 3. The van der Waals surface area contributed by atoms with Gasteiger partial charge in [-0.05, 0) is 43.5 Å². The van der Waals surface area contributed by atoms with Gasteiger partial charge in [0.25, 0.3) is 0 Å². The molecule has 0 radical (unpaired) electrons. The van der Waals surface area contributed by atoms with E-state index in [1.54, 1.807) is 30.3 Å². The molecule has 0 saturated carbocycles. The van der Waals surface area contributed by atoms with E-state index in [0.717, 1.165) is 5.56 Å². The molecule has 2 aromatic rings. The summed E-state index contributed by atoms with van der Waals surface area (Å²) in [5, 5.41) is 12.9. The predicted molar refractivity (Wildman–Crippen MR) is 129 cm³/mol. The second-order valence-electron chi connectivity index (χ2n) is 8.32. The van der Waals surface area contributed by atoms with Gasteiger partial charge in [0, 0.05) is 6.54 Å². The minimum absolute atomic E-state index is 0.0581. The normalized spacial score (nSPS) is 13.3. The average molecular weight is 495 g/mol. The van der Waals surface area contributed by atoms with Gasteiger partial charge in [0.2, 0.25) is 21.7 Å². The molecule has 10 heteroatoms. The number of methoxy groups -OCH3 is 2. The second kappa shape index (κ2) is 12.6. The van der Waals surface area contributed by atoms with Crippen molar-refractivity contribution in [1.82, 2.24) is 10.0 Å². The highest BCUT2D eigenvalue weighted by Gasteiger charge is 2.27. The molecular formula is C24H34N2O7S. The summed E-state index contributed by atoms with van der Waals surface area (Å²) in [5.74, 6) is 0.749. The van der Waals surface area contributed by atoms with Crippen LogP contribution in [-0.2, 0) is 14.8 Å². The Hall–Kier alpha value is -2.82. The Labute approximate surface area is 201 Å². The van der Waals surface area contributed by atoms with Crippen molar-refractivity contribution in [1.29, 1.82) is 0 Å². The summed E-state index contributed by atoms with van der Waals surface area (Å²) >= 11 is 0. The molecule has 188 valence electrons. The quantitative estimate of drug-likeness (QED) is 0.390. The van der Waals surface area contributed by atoms with E-state index in [1.165, 1.54) is 26.4 Å². The molecule has 3 N–H and O–H groups in total. The Balaban J connectivity index is 2.00. The fraction of sp³-hybridized carbons (Fsp3) is 0.458. The molecule has 2 rings (SSSR count). The number of carbonyl (C=O) groups is 1. The minimum atomic E-state index is -3.89. The lowest BCUT2D eigenvalue weighted by molar-refractivity contribution is -0.123. The molecule has 0 bridgehead atoms. The lowest BCUT2D eigenvalue weighted by atomic mass is 10.0. The molecule has 0 unspecified atom stereocenters. The molecule has 2 aromatic carbocycles. The summed E-state index contributed by atoms with van der Waals surface area (Å²) in [6.07, 6.45) is -0.756. The molecule has 2 atom stereocenters. The summed E-state index contributed by atoms with van der Waals surface area (Å²) in [6, 6.07) is 10.5. The first-order valence-electron chi connectivity index (χ1n) is 11.0. The Kier molecular flexibility index (Phi) is 10.2. The fourth-order valence-electron chi connectivity index (χ4n) is 3.19. The van der Waals surface area contributed by atoms with Crippen LogP contribution >= 0.6 is 0 Å². The number of ether oxygens (including phenoxy) is 3. The van der Waals surface area contributed by atoms with Crippen molar-refractivity contribution in [2.24, 2.45) is 5.92 Å². The van der Waals surface area contributed by atoms with Gasteiger partial charge in [-0.2, -0.15) is 4.72 Å². The third-order valence-corrected chi connectivity index (χ3v) is 6.45. The minimum Gasteiger partial charge on any atom is -0.493 e. The maximum atomic E-state index is 12.8. The van der Waals surface area contributed by atoms with Gasteiger partial charge in [-0.15, -0.1) is 0 Å². The van der Waals surface area contributed by atoms with Gasteiger partial charge >= 0.3 is 0 Å². The van der Waals surface area contributed by atoms with Gasteiger partial charge in [0.05, 0.1) is 19.1 Å². The number of benzene rings is 2. The Bertz CT molecular complexity index is 1020. The molecular weight excluding hydrogens is 460 g/mol. The van der Waals surface area contributed by atoms with Gasteiger partial charge in [-0.25, -0.2) is 8.42 Å². The van der Waals surface area contributed by atoms with Crippen LogP contribution in [0, 0.1) is 12.8 Å². The second-order valence-corrected chi connectivity index (χ2v) is 10.0. The molecule has 0 fully saturated rings. The van der Waals surface area contributed by atoms with Crippen molar-refractivity contribution in [3.8, 4) is 17.2 Å². The van der Waals surface area contributed by atoms with Crippen LogP contribution in [0.1, 0.15) is 25.8 Å². The van der Waals surface area contributed by atoms with E-state index >= 15 is 0 Å². The Morgan fingerprint density at radius 3 is 2.15 bits per heavy atom. The van der Waals surface area contributed by atoms with Gasteiger partial charge in [0.15, 0.2) is 11.5 Å². The van der Waals surface area contributed by atoms with Crippen LogP contribution in [0.15, 0.2) is 47.4 Å². The lowest BCUT2D eigenvalue weighted by Gasteiger charge is -2.21. The third-order valence-electron chi connectivity index (χ3n) is 4.97. The first-order valence-corrected chi connectivity index (χ1v) is 12.4. The van der Waals surface area contributed by atoms with E-state index in [0.29, 0.717) is 23.7 Å². The van der Waals surface area contributed by atoms with Crippen LogP contribution in [0.25, 0.3) is 0 Å². The maximum absolute atomic E-state index is 12.8. The SMILES string of the molecule is COc1cccc(OC)c1OC[C@@H](O)CNC(=O)[C@@H](CC(C)C)NS(=O)(=O)c1ccc(C)cc1. The standard InChI is InChI=1S/C24H34N2O7S/c1-16(2)13-20(26-34(29,30)19-11-9-17(3)10-12-19)24(28)25-14-18(27)15-33-23-21(31-4)7-6-8-22(23)32-5/h6-12,16,18,20,26-27H,13-15H2,1-5H3,(H,25,28)/t18-,20+/m0/s1. The maximum Gasteiger partial charge on any atom is 0.241 e. The smallest absolute Gasteiger partial charge is 0.241 e. The van der Waals surface area contributed by atoms with Crippen LogP contribution in [0.5, 0.6) is 17.2 Å². The number of para-hydroxylation sites is 1. The van der Waals surface area contributed by atoms with Gasteiger partial charge in [-0.3, -0.25) is 4.79 Å². The number of aliphatic hydroxyl groups excluding tert-OH is 1. The van der Waals surface area contributed by atoms with E-state index in [1.807, 2.05) is 20.8 Å². The summed E-state index contributed by atoms with van der Waals surface area (Å²) in [6.45, 7) is 5.38. The van der Waals surface area contributed by atoms with Crippen molar-refractivity contribution >= 4 is 15.9 Å². The van der Waals surface area contributed by atoms with Gasteiger partial charge in [0.1, 0.15) is 18.8 Å². The number of aryl methyl sites for hydroxylation is 1. The summed E-state index contributed by atoms with van der Waals surface area (Å²) < 4.78 is 44.2. The number of hydrogen-bond acceptors (Lipinski definition) is 7. The number of rotatable bonds is 13. The molecule has 0 spiro atoms. The van der Waals surface area contributed by atoms with E-state index in [-0.39, 0.29) is 24.0 Å². The van der Waals surface area contributed by atoms with Crippen LogP contribution < -0.4 is 24.2 Å². The number of carbonyl (C=O) groups excluding carboxylic acids is 1. The van der Waals surface area contributed by atoms with E-state index in [2.05, 4.69) is 10.0 Å². The van der Waals surface area contributed by atoms with Crippen LogP contribution in [0.3, 0.4) is 0 Å². The predicted octanol–water partition coefficient (Wildman–Crippen LogP) is 2.26. The first kappa shape index (κ1) is 27.4. The number of nitrogens with one attached hydrogen (secondary N) is 2. The van der Waals surface area contributed by atoms with Crippen molar-refractivity contribution in [3.63, 3.8) is 0 Å². The van der Waals surface area contributed by atoms with Crippen molar-refractivity contribution in [2.75, 3.05) is 27.4 Å². The largest absolute Gasteiger partial charge is 0.493 e. The molecule has 34 heavy (non-hydrogen) atoms. The molecule has 1 amide bonds. The molecule has 0 aromatic heterocycles. The number of sulfonamides is 1. The highest BCUT2D eigenvalue weighted by Crippen LogP contribution is 2.36. The fourth-order valence-corrected chi connectivity index (χ4v) is 4.40. The van der Waals surface area contributed by atoms with E-state index in [9.17, 15) is 18.3 Å². The van der Waals surface area contributed by atoms with Gasteiger partial charge < -0.3 is 24.6 Å². The zero-order valence-corrected chi connectivity index (χ0v) is 21.0. The topological polar surface area (TPSA) is 123 Å². The monoisotopic (exact) mass is 494 g/mol. The third kappa shape index (κ3) is 7.89. The van der Waals surface area contributed by atoms with Crippen LogP contribution in [0.4, 0.5) is 0 Å². The van der Waals surface area contributed by atoms with E-state index in [4.69, 9.17) is 14.2 Å². The van der Waals surface area contributed by atoms with E-state index < -0.39 is 28.1 Å². The molecule has 0 aliphatic rings. The lowest BCUT2D eigenvalue weighted by Crippen LogP contribution is -2.49. The molecule has 0 aliphatic heterocycles. The van der Waals surface area contributed by atoms with Gasteiger partial charge in [-0.1, -0.05) is 37.6 Å². The highest BCUT2D eigenvalue weighted by molar-refractivity contribution is 7.89. The first-order chi connectivity index (χ1) is 16.1. The number of aliphatic hydroxyl groups is 1. The molecule has 0 heterocycles. The highest BCUT2D eigenvalue weighted by atomic mass is 32.2. The number of amides is 1. The van der Waals surface area contributed by atoms with Crippen LogP contribution in [0.2, 0.25) is 0 Å². The zero-order chi connectivity index (χ0) is 25.3. The molecule has 9 nitrogen and oxygen atoms in total. The molecule has 0 aliphatic carbocycles. The average Bonchev–Trinajstić information content (AvgIpc) is 2.80. The Morgan fingerprint density at radius 2 is 1.62 bits per heavy atom. The van der Waals surface area contributed by atoms with Crippen LogP contribution in [-0.4, -0.2) is 58.9 Å². The van der Waals surface area contributed by atoms with Crippen molar-refractivity contribution < 1.29 is 32.5 Å². The summed E-state index contributed by atoms with van der Waals surface area (Å²) in [5.41, 5.74) is 0.928. The zero-order valence-electron chi connectivity index (χ0n) is 20.2. The van der Waals surface area contributed by atoms with Crippen molar-refractivity contribution in [3.05, 3.63) is 48.0 Å². The summed E-state index contributed by atoms with van der Waals surface area (Å²) in [4.78, 5) is 12.9. The van der Waals surface area contributed by atoms with Crippen molar-refractivity contribution in [2.45, 2.75) is 44.2 Å². The summed E-state index contributed by atoms with van der Waals surface area (Å²) in [7, 11) is -0.911. The Morgan fingerprint density at radius 1 is 1.03 bits per heavy atom.